The second kappa shape index (κ2) is 32.1. The predicted octanol–water partition coefficient (Wildman–Crippen LogP) is 5.47. The molecule has 1 aliphatic carbocycles. The molecule has 128 valence electrons. The summed E-state index contributed by atoms with van der Waals surface area (Å²) in [7, 11) is 0. The molecule has 0 amide bonds. The summed E-state index contributed by atoms with van der Waals surface area (Å²) < 4.78 is 0. The van der Waals surface area contributed by atoms with Crippen molar-refractivity contribution in [2.24, 2.45) is 0 Å². The van der Waals surface area contributed by atoms with Crippen molar-refractivity contribution in [2.75, 3.05) is 19.6 Å². The van der Waals surface area contributed by atoms with Crippen molar-refractivity contribution in [2.45, 2.75) is 26.7 Å². The molecule has 0 fully saturated rings. The van der Waals surface area contributed by atoms with Crippen molar-refractivity contribution in [1.82, 2.24) is 4.90 Å². The van der Waals surface area contributed by atoms with Crippen LogP contribution in [-0.2, 0) is 21.7 Å². The SMILES string of the molecule is CCN(CC)CCC1=[C-]CC=C1.Cl.Cl.Cl.[CH3-].[CH3-].[CH3-].[CH3-].[Ti]. The van der Waals surface area contributed by atoms with Gasteiger partial charge in [0.2, 0.25) is 0 Å². The van der Waals surface area contributed by atoms with Gasteiger partial charge in [0.25, 0.3) is 0 Å². The topological polar surface area (TPSA) is 3.24 Å². The average molecular weight is 382 g/mol. The third-order valence-electron chi connectivity index (χ3n) is 2.36. The molecule has 0 bridgehead atoms. The summed E-state index contributed by atoms with van der Waals surface area (Å²) in [5, 5.41) is 0. The predicted molar refractivity (Wildman–Crippen MR) is 100 cm³/mol. The van der Waals surface area contributed by atoms with Crippen molar-refractivity contribution in [3.63, 3.8) is 0 Å². The van der Waals surface area contributed by atoms with Crippen LogP contribution in [0.4, 0.5) is 0 Å². The minimum atomic E-state index is 0. The molecule has 1 nitrogen and oxygen atoms in total. The number of rotatable bonds is 5. The van der Waals surface area contributed by atoms with Gasteiger partial charge in [0.1, 0.15) is 0 Å². The monoisotopic (exact) mass is 380 g/mol. The summed E-state index contributed by atoms with van der Waals surface area (Å²) in [4.78, 5) is 2.45. The van der Waals surface area contributed by atoms with Gasteiger partial charge in [0.05, 0.1) is 0 Å². The molecule has 0 spiro atoms. The van der Waals surface area contributed by atoms with Gasteiger partial charge in [0, 0.05) is 21.7 Å². The third kappa shape index (κ3) is 21.3. The Morgan fingerprint density at radius 1 is 1.00 bits per heavy atom. The normalized spacial score (nSPS) is 9.45. The molecule has 0 saturated carbocycles. The fourth-order valence-corrected chi connectivity index (χ4v) is 1.44. The van der Waals surface area contributed by atoms with Crippen molar-refractivity contribution >= 4 is 37.2 Å². The maximum absolute atomic E-state index is 3.34. The van der Waals surface area contributed by atoms with E-state index in [0.29, 0.717) is 0 Å². The van der Waals surface area contributed by atoms with Crippen LogP contribution < -0.4 is 0 Å². The molecule has 0 heterocycles. The van der Waals surface area contributed by atoms with E-state index in [1.54, 1.807) is 0 Å². The van der Waals surface area contributed by atoms with Gasteiger partial charge in [0.15, 0.2) is 0 Å². The van der Waals surface area contributed by atoms with Crippen LogP contribution in [0.25, 0.3) is 0 Å². The van der Waals surface area contributed by atoms with E-state index in [-0.39, 0.29) is 88.6 Å². The van der Waals surface area contributed by atoms with Gasteiger partial charge in [-0.15, -0.1) is 43.6 Å². The molecule has 0 unspecified atom stereocenters. The summed E-state index contributed by atoms with van der Waals surface area (Å²) in [5.41, 5.74) is 1.39. The van der Waals surface area contributed by atoms with E-state index >= 15 is 0 Å². The van der Waals surface area contributed by atoms with Gasteiger partial charge in [-0.05, 0) is 26.1 Å². The van der Waals surface area contributed by atoms with E-state index in [1.165, 1.54) is 12.1 Å². The molecule has 0 N–H and O–H groups in total. The summed E-state index contributed by atoms with van der Waals surface area (Å²) in [6.45, 7) is 7.93. The zero-order chi connectivity index (χ0) is 8.81. The fourth-order valence-electron chi connectivity index (χ4n) is 1.44. The van der Waals surface area contributed by atoms with Crippen LogP contribution in [0.15, 0.2) is 17.7 Å². The third-order valence-corrected chi connectivity index (χ3v) is 2.36. The van der Waals surface area contributed by atoms with Crippen molar-refractivity contribution < 1.29 is 21.7 Å². The van der Waals surface area contributed by atoms with Gasteiger partial charge in [-0.1, -0.05) is 13.8 Å². The Kier molecular flexibility index (Phi) is 79.8. The molecule has 1 rings (SSSR count). The average Bonchev–Trinajstić information content (AvgIpc) is 2.59. The van der Waals surface area contributed by atoms with Crippen LogP contribution in [0.5, 0.6) is 0 Å². The molecule has 0 radical (unpaired) electrons. The zero-order valence-corrected chi connectivity index (χ0v) is 17.9. The van der Waals surface area contributed by atoms with Gasteiger partial charge in [-0.2, -0.15) is 6.08 Å². The second-order valence-electron chi connectivity index (χ2n) is 3.09. The Hall–Kier alpha value is 1.02. The number of allylic oxidation sites excluding steroid dienone is 3. The van der Waals surface area contributed by atoms with Crippen molar-refractivity contribution in [3.8, 4) is 0 Å². The summed E-state index contributed by atoms with van der Waals surface area (Å²) in [5.74, 6) is 0. The van der Waals surface area contributed by atoms with Crippen LogP contribution in [0.1, 0.15) is 26.7 Å². The van der Waals surface area contributed by atoms with Gasteiger partial charge < -0.3 is 34.6 Å². The summed E-state index contributed by atoms with van der Waals surface area (Å²) in [6, 6.07) is 0. The molecule has 0 aromatic carbocycles. The number of halogens is 3. The smallest absolute Gasteiger partial charge is 0 e. The first-order valence-corrected chi connectivity index (χ1v) is 4.85. The standard InChI is InChI=1S/C11H18N.4CH3.3ClH.Ti/c1-3-12(4-2)10-9-11-7-5-6-8-11;;;;;;;;/h5,7H,3-4,6,9-10H2,1-2H3;4*1H3;3*1H;/q5*-1;;;;. The molecule has 0 atom stereocenters. The number of nitrogens with zero attached hydrogens (tertiary/aromatic N) is 1. The molecule has 0 aliphatic heterocycles. The van der Waals surface area contributed by atoms with Crippen molar-refractivity contribution in [3.05, 3.63) is 53.5 Å². The first-order chi connectivity index (χ1) is 5.86. The largest absolute Gasteiger partial charge is 0.358 e. The molecular formula is C15H33Cl3NTi-5. The minimum absolute atomic E-state index is 0. The van der Waals surface area contributed by atoms with Crippen molar-refractivity contribution in [1.29, 1.82) is 0 Å². The number of hydrogen-bond donors (Lipinski definition) is 0. The molecule has 20 heavy (non-hydrogen) atoms. The number of hydrogen-bond acceptors (Lipinski definition) is 1. The second-order valence-corrected chi connectivity index (χ2v) is 3.09. The van der Waals surface area contributed by atoms with Gasteiger partial charge in [-0.3, -0.25) is 6.08 Å². The maximum atomic E-state index is 3.34. The van der Waals surface area contributed by atoms with Crippen LogP contribution in [0.2, 0.25) is 0 Å². The van der Waals surface area contributed by atoms with Crippen LogP contribution in [0, 0.1) is 35.8 Å². The zero-order valence-electron chi connectivity index (χ0n) is 13.9. The molecular weight excluding hydrogens is 348 g/mol. The van der Waals surface area contributed by atoms with E-state index in [0.717, 1.165) is 25.9 Å². The first-order valence-electron chi connectivity index (χ1n) is 4.85. The Bertz CT molecular complexity index is 194. The first kappa shape index (κ1) is 49.7. The van der Waals surface area contributed by atoms with E-state index in [1.807, 2.05) is 0 Å². The van der Waals surface area contributed by atoms with Crippen LogP contribution >= 0.6 is 37.2 Å². The fraction of sp³-hybridized carbons (Fsp3) is 0.467. The summed E-state index contributed by atoms with van der Waals surface area (Å²) in [6.07, 6.45) is 9.90. The molecule has 0 aromatic heterocycles. The summed E-state index contributed by atoms with van der Waals surface area (Å²) >= 11 is 0. The maximum Gasteiger partial charge on any atom is 0 e. The van der Waals surface area contributed by atoms with E-state index in [9.17, 15) is 0 Å². The van der Waals surface area contributed by atoms with E-state index in [2.05, 4.69) is 37.0 Å². The quantitative estimate of drug-likeness (QED) is 0.451. The molecule has 0 saturated heterocycles. The van der Waals surface area contributed by atoms with E-state index in [4.69, 9.17) is 0 Å². The molecule has 0 aromatic rings. The Morgan fingerprint density at radius 3 is 1.75 bits per heavy atom. The molecule has 5 heteroatoms. The Labute approximate surface area is 163 Å². The van der Waals surface area contributed by atoms with Gasteiger partial charge >= 0.3 is 0 Å². The Balaban J connectivity index is -0.0000000300. The van der Waals surface area contributed by atoms with Crippen LogP contribution in [0.3, 0.4) is 0 Å². The Morgan fingerprint density at radius 2 is 1.45 bits per heavy atom. The van der Waals surface area contributed by atoms with E-state index < -0.39 is 0 Å². The van der Waals surface area contributed by atoms with Gasteiger partial charge in [-0.25, -0.2) is 11.6 Å². The molecule has 1 aliphatic rings. The van der Waals surface area contributed by atoms with Crippen LogP contribution in [-0.4, -0.2) is 24.5 Å². The minimum Gasteiger partial charge on any atom is -0.358 e.